The molecule has 0 aromatic heterocycles. The minimum Gasteiger partial charge on any atom is -0.386 e. The highest BCUT2D eigenvalue weighted by Crippen LogP contribution is 2.14. The Labute approximate surface area is 105 Å². The molecule has 1 unspecified atom stereocenters. The largest absolute Gasteiger partial charge is 0.386 e. The molecule has 0 heterocycles. The van der Waals surface area contributed by atoms with E-state index < -0.39 is 6.10 Å². The first kappa shape index (κ1) is 14.2. The first-order valence-electron chi connectivity index (χ1n) is 6.48. The maximum absolute atomic E-state index is 9.92. The molecular weight excluding hydrogens is 212 g/mol. The second kappa shape index (κ2) is 7.46. The quantitative estimate of drug-likeness (QED) is 0.736. The fraction of sp³-hybridized carbons (Fsp3) is 0.600. The van der Waals surface area contributed by atoms with Crippen molar-refractivity contribution in [1.82, 2.24) is 0 Å². The first-order chi connectivity index (χ1) is 8.13. The molecule has 0 saturated heterocycles. The summed E-state index contributed by atoms with van der Waals surface area (Å²) in [6, 6.07) is 8.09. The van der Waals surface area contributed by atoms with Crippen molar-refractivity contribution in [3.63, 3.8) is 0 Å². The minimum atomic E-state index is -0.506. The second-order valence-electron chi connectivity index (χ2n) is 4.87. The van der Waals surface area contributed by atoms with E-state index in [1.807, 2.05) is 12.1 Å². The van der Waals surface area contributed by atoms with Crippen LogP contribution in [0, 0.1) is 5.92 Å². The van der Waals surface area contributed by atoms with E-state index in [2.05, 4.69) is 32.9 Å². The highest BCUT2D eigenvalue weighted by molar-refractivity contribution is 5.24. The Morgan fingerprint density at radius 3 is 2.35 bits per heavy atom. The molecule has 0 fully saturated rings. The number of rotatable bonds is 7. The fourth-order valence-electron chi connectivity index (χ4n) is 1.59. The van der Waals surface area contributed by atoms with Crippen LogP contribution >= 0.6 is 0 Å². The standard InChI is InChI=1S/C15H24O2/c1-4-13-5-7-14(8-6-13)15(16)11-17-10-9-12(2)3/h5-8,12,15-16H,4,9-11H2,1-3H3. The molecule has 0 aliphatic rings. The molecule has 1 aromatic rings. The molecule has 1 atom stereocenters. The van der Waals surface area contributed by atoms with Crippen LogP contribution in [0.1, 0.15) is 44.4 Å². The lowest BCUT2D eigenvalue weighted by atomic mass is 10.1. The zero-order valence-electron chi connectivity index (χ0n) is 11.1. The molecule has 1 rings (SSSR count). The van der Waals surface area contributed by atoms with Crippen molar-refractivity contribution in [2.75, 3.05) is 13.2 Å². The summed E-state index contributed by atoms with van der Waals surface area (Å²) < 4.78 is 5.47. The van der Waals surface area contributed by atoms with Crippen LogP contribution in [0.15, 0.2) is 24.3 Å². The van der Waals surface area contributed by atoms with E-state index in [0.717, 1.165) is 25.0 Å². The summed E-state index contributed by atoms with van der Waals surface area (Å²) in [6.45, 7) is 7.58. The Balaban J connectivity index is 2.33. The molecule has 1 N–H and O–H groups in total. The van der Waals surface area contributed by atoms with Gasteiger partial charge < -0.3 is 9.84 Å². The van der Waals surface area contributed by atoms with Crippen LogP contribution in [0.25, 0.3) is 0 Å². The summed E-state index contributed by atoms with van der Waals surface area (Å²) in [7, 11) is 0. The Bertz CT molecular complexity index is 303. The average molecular weight is 236 g/mol. The Morgan fingerprint density at radius 1 is 1.18 bits per heavy atom. The van der Waals surface area contributed by atoms with Crippen LogP contribution in [0.5, 0.6) is 0 Å². The zero-order valence-corrected chi connectivity index (χ0v) is 11.1. The van der Waals surface area contributed by atoms with Gasteiger partial charge in [0, 0.05) is 6.61 Å². The number of benzene rings is 1. The van der Waals surface area contributed by atoms with E-state index >= 15 is 0 Å². The molecule has 0 bridgehead atoms. The highest BCUT2D eigenvalue weighted by Gasteiger charge is 2.07. The molecule has 0 radical (unpaired) electrons. The number of aliphatic hydroxyl groups is 1. The van der Waals surface area contributed by atoms with Crippen molar-refractivity contribution < 1.29 is 9.84 Å². The normalized spacial score (nSPS) is 13.0. The maximum Gasteiger partial charge on any atom is 0.102 e. The Morgan fingerprint density at radius 2 is 1.82 bits per heavy atom. The lowest BCUT2D eigenvalue weighted by Gasteiger charge is -2.12. The molecule has 0 amide bonds. The summed E-state index contributed by atoms with van der Waals surface area (Å²) in [5.41, 5.74) is 2.23. The van der Waals surface area contributed by atoms with E-state index in [-0.39, 0.29) is 0 Å². The molecular formula is C15H24O2. The SMILES string of the molecule is CCc1ccc(C(O)COCCC(C)C)cc1. The monoisotopic (exact) mass is 236 g/mol. The van der Waals surface area contributed by atoms with Crippen LogP contribution in [0.4, 0.5) is 0 Å². The third kappa shape index (κ3) is 5.33. The van der Waals surface area contributed by atoms with Gasteiger partial charge >= 0.3 is 0 Å². The lowest BCUT2D eigenvalue weighted by molar-refractivity contribution is 0.0319. The summed E-state index contributed by atoms with van der Waals surface area (Å²) in [4.78, 5) is 0. The second-order valence-corrected chi connectivity index (χ2v) is 4.87. The number of aliphatic hydroxyl groups excluding tert-OH is 1. The number of aryl methyl sites for hydroxylation is 1. The van der Waals surface area contributed by atoms with Crippen molar-refractivity contribution in [2.45, 2.75) is 39.7 Å². The van der Waals surface area contributed by atoms with E-state index in [4.69, 9.17) is 4.74 Å². The van der Waals surface area contributed by atoms with Crippen molar-refractivity contribution in [3.8, 4) is 0 Å². The Kier molecular flexibility index (Phi) is 6.23. The van der Waals surface area contributed by atoms with Gasteiger partial charge in [0.05, 0.1) is 6.61 Å². The molecule has 0 aliphatic heterocycles. The third-order valence-corrected chi connectivity index (χ3v) is 2.89. The van der Waals surface area contributed by atoms with Crippen molar-refractivity contribution >= 4 is 0 Å². The minimum absolute atomic E-state index is 0.387. The molecule has 96 valence electrons. The van der Waals surface area contributed by atoms with Gasteiger partial charge in [-0.05, 0) is 29.9 Å². The summed E-state index contributed by atoms with van der Waals surface area (Å²) >= 11 is 0. The molecule has 0 spiro atoms. The van der Waals surface area contributed by atoms with E-state index in [1.54, 1.807) is 0 Å². The van der Waals surface area contributed by atoms with Crippen LogP contribution in [0.2, 0.25) is 0 Å². The predicted molar refractivity (Wildman–Crippen MR) is 71.1 cm³/mol. The summed E-state index contributed by atoms with van der Waals surface area (Å²) in [5.74, 6) is 0.649. The topological polar surface area (TPSA) is 29.5 Å². The van der Waals surface area contributed by atoms with Crippen LogP contribution in [-0.2, 0) is 11.2 Å². The zero-order chi connectivity index (χ0) is 12.7. The third-order valence-electron chi connectivity index (χ3n) is 2.89. The van der Waals surface area contributed by atoms with Gasteiger partial charge in [0.2, 0.25) is 0 Å². The van der Waals surface area contributed by atoms with E-state index in [1.165, 1.54) is 5.56 Å². The van der Waals surface area contributed by atoms with Gasteiger partial charge in [-0.15, -0.1) is 0 Å². The number of hydrogen-bond donors (Lipinski definition) is 1. The summed E-state index contributed by atoms with van der Waals surface area (Å²) in [6.07, 6.45) is 1.57. The van der Waals surface area contributed by atoms with E-state index in [0.29, 0.717) is 12.5 Å². The van der Waals surface area contributed by atoms with Crippen molar-refractivity contribution in [1.29, 1.82) is 0 Å². The molecule has 2 nitrogen and oxygen atoms in total. The molecule has 0 aliphatic carbocycles. The van der Waals surface area contributed by atoms with Gasteiger partial charge in [-0.2, -0.15) is 0 Å². The van der Waals surface area contributed by atoms with Gasteiger partial charge in [0.15, 0.2) is 0 Å². The number of ether oxygens (including phenoxy) is 1. The van der Waals surface area contributed by atoms with E-state index in [9.17, 15) is 5.11 Å². The highest BCUT2D eigenvalue weighted by atomic mass is 16.5. The molecule has 2 heteroatoms. The molecule has 1 aromatic carbocycles. The van der Waals surface area contributed by atoms with Gasteiger partial charge in [-0.25, -0.2) is 0 Å². The number of hydrogen-bond acceptors (Lipinski definition) is 2. The first-order valence-corrected chi connectivity index (χ1v) is 6.48. The smallest absolute Gasteiger partial charge is 0.102 e. The van der Waals surface area contributed by atoms with Gasteiger partial charge in [-0.1, -0.05) is 45.0 Å². The Hall–Kier alpha value is -0.860. The average Bonchev–Trinajstić information content (AvgIpc) is 2.34. The van der Waals surface area contributed by atoms with Crippen molar-refractivity contribution in [3.05, 3.63) is 35.4 Å². The van der Waals surface area contributed by atoms with Crippen LogP contribution in [0.3, 0.4) is 0 Å². The van der Waals surface area contributed by atoms with Gasteiger partial charge in [-0.3, -0.25) is 0 Å². The van der Waals surface area contributed by atoms with Gasteiger partial charge in [0.1, 0.15) is 6.10 Å². The maximum atomic E-state index is 9.92. The summed E-state index contributed by atoms with van der Waals surface area (Å²) in [5, 5.41) is 9.92. The fourth-order valence-corrected chi connectivity index (χ4v) is 1.59. The van der Waals surface area contributed by atoms with Crippen molar-refractivity contribution in [2.24, 2.45) is 5.92 Å². The van der Waals surface area contributed by atoms with Crippen LogP contribution < -0.4 is 0 Å². The van der Waals surface area contributed by atoms with Crippen LogP contribution in [-0.4, -0.2) is 18.3 Å². The predicted octanol–water partition coefficient (Wildman–Crippen LogP) is 3.35. The molecule has 17 heavy (non-hydrogen) atoms. The lowest BCUT2D eigenvalue weighted by Crippen LogP contribution is -2.09. The van der Waals surface area contributed by atoms with Gasteiger partial charge in [0.25, 0.3) is 0 Å². The molecule has 0 saturated carbocycles.